The second kappa shape index (κ2) is 4.92. The first-order valence-corrected chi connectivity index (χ1v) is 6.14. The molecule has 92 valence electrons. The first kappa shape index (κ1) is 12.2. The van der Waals surface area contributed by atoms with Gasteiger partial charge in [-0.2, -0.15) is 0 Å². The van der Waals surface area contributed by atoms with Gasteiger partial charge in [-0.3, -0.25) is 10.1 Å². The first-order valence-electron chi connectivity index (χ1n) is 5.76. The highest BCUT2D eigenvalue weighted by atomic mass is 35.5. The van der Waals surface area contributed by atoms with Crippen LogP contribution in [-0.2, 0) is 0 Å². The van der Waals surface area contributed by atoms with E-state index in [0.717, 1.165) is 24.4 Å². The lowest BCUT2D eigenvalue weighted by Gasteiger charge is -2.13. The van der Waals surface area contributed by atoms with Crippen LogP contribution in [0.4, 0.5) is 11.4 Å². The fourth-order valence-corrected chi connectivity index (χ4v) is 2.50. The molecule has 0 aromatic heterocycles. The summed E-state index contributed by atoms with van der Waals surface area (Å²) in [7, 11) is 0. The van der Waals surface area contributed by atoms with Crippen LogP contribution in [0, 0.1) is 16.0 Å². The van der Waals surface area contributed by atoms with Crippen LogP contribution in [0.1, 0.15) is 26.2 Å². The Hall–Kier alpha value is -1.29. The highest BCUT2D eigenvalue weighted by Crippen LogP contribution is 2.31. The topological polar surface area (TPSA) is 55.2 Å². The summed E-state index contributed by atoms with van der Waals surface area (Å²) in [5, 5.41) is 14.3. The summed E-state index contributed by atoms with van der Waals surface area (Å²) in [5.41, 5.74) is 0.739. The molecule has 0 amide bonds. The molecule has 1 saturated carbocycles. The van der Waals surface area contributed by atoms with Gasteiger partial charge in [0.25, 0.3) is 5.69 Å². The molecule has 1 N–H and O–H groups in total. The van der Waals surface area contributed by atoms with Crippen LogP contribution in [-0.4, -0.2) is 11.0 Å². The Labute approximate surface area is 105 Å². The molecule has 2 unspecified atom stereocenters. The number of nitrogens with zero attached hydrogens (tertiary/aromatic N) is 1. The Balaban J connectivity index is 2.11. The molecule has 0 saturated heterocycles. The van der Waals surface area contributed by atoms with Gasteiger partial charge in [0.15, 0.2) is 0 Å². The number of benzene rings is 1. The summed E-state index contributed by atoms with van der Waals surface area (Å²) >= 11 is 5.76. The minimum atomic E-state index is -0.454. The molecule has 1 aliphatic rings. The van der Waals surface area contributed by atoms with E-state index in [1.54, 1.807) is 12.1 Å². The molecular weight excluding hydrogens is 240 g/mol. The van der Waals surface area contributed by atoms with Crippen molar-refractivity contribution in [1.82, 2.24) is 0 Å². The van der Waals surface area contributed by atoms with E-state index >= 15 is 0 Å². The molecule has 1 fully saturated rings. The molecule has 0 heterocycles. The van der Waals surface area contributed by atoms with Crippen LogP contribution >= 0.6 is 11.6 Å². The Bertz CT molecular complexity index is 437. The third kappa shape index (κ3) is 2.88. The number of nitro groups is 1. The van der Waals surface area contributed by atoms with Crippen molar-refractivity contribution < 1.29 is 4.92 Å². The summed E-state index contributed by atoms with van der Waals surface area (Å²) in [5.74, 6) is 0.731. The predicted octanol–water partition coefficient (Wildman–Crippen LogP) is 3.85. The maximum atomic E-state index is 10.8. The van der Waals surface area contributed by atoms with Crippen LogP contribution in [0.25, 0.3) is 0 Å². The maximum Gasteiger partial charge on any atom is 0.289 e. The Morgan fingerprint density at radius 3 is 2.82 bits per heavy atom. The zero-order chi connectivity index (χ0) is 12.4. The smallest absolute Gasteiger partial charge is 0.289 e. The summed E-state index contributed by atoms with van der Waals surface area (Å²) in [6, 6.07) is 5.29. The van der Waals surface area contributed by atoms with Crippen molar-refractivity contribution in [2.45, 2.75) is 32.2 Å². The van der Waals surface area contributed by atoms with Crippen molar-refractivity contribution in [3.63, 3.8) is 0 Å². The second-order valence-corrected chi connectivity index (χ2v) is 5.09. The Morgan fingerprint density at radius 2 is 2.24 bits per heavy atom. The monoisotopic (exact) mass is 254 g/mol. The van der Waals surface area contributed by atoms with E-state index in [-0.39, 0.29) is 10.7 Å². The van der Waals surface area contributed by atoms with Crippen LogP contribution in [0.5, 0.6) is 0 Å². The molecule has 2 atom stereocenters. The van der Waals surface area contributed by atoms with Gasteiger partial charge < -0.3 is 5.32 Å². The largest absolute Gasteiger partial charge is 0.382 e. The third-order valence-electron chi connectivity index (χ3n) is 3.21. The SMILES string of the molecule is CC1CCC(Nc2ccc(Cl)c([N+](=O)[O-])c2)C1. The first-order chi connectivity index (χ1) is 8.06. The van der Waals surface area contributed by atoms with Crippen molar-refractivity contribution in [3.8, 4) is 0 Å². The summed E-state index contributed by atoms with van der Waals surface area (Å²) in [6.45, 7) is 2.23. The number of hydrogen-bond donors (Lipinski definition) is 1. The van der Waals surface area contributed by atoms with Crippen molar-refractivity contribution in [2.24, 2.45) is 5.92 Å². The Kier molecular flexibility index (Phi) is 3.52. The fourth-order valence-electron chi connectivity index (χ4n) is 2.32. The molecule has 5 heteroatoms. The van der Waals surface area contributed by atoms with E-state index in [4.69, 9.17) is 11.6 Å². The van der Waals surface area contributed by atoms with E-state index in [1.165, 1.54) is 12.5 Å². The lowest BCUT2D eigenvalue weighted by Crippen LogP contribution is -2.15. The average molecular weight is 255 g/mol. The average Bonchev–Trinajstić information content (AvgIpc) is 2.66. The van der Waals surface area contributed by atoms with E-state index in [1.807, 2.05) is 0 Å². The zero-order valence-electron chi connectivity index (χ0n) is 9.65. The van der Waals surface area contributed by atoms with Gasteiger partial charge in [0, 0.05) is 17.8 Å². The second-order valence-electron chi connectivity index (χ2n) is 4.68. The molecule has 0 radical (unpaired) electrons. The number of rotatable bonds is 3. The molecule has 1 aliphatic carbocycles. The van der Waals surface area contributed by atoms with Gasteiger partial charge in [-0.1, -0.05) is 18.5 Å². The van der Waals surface area contributed by atoms with Crippen molar-refractivity contribution in [3.05, 3.63) is 33.3 Å². The minimum absolute atomic E-state index is 0.0392. The van der Waals surface area contributed by atoms with Crippen LogP contribution in [0.15, 0.2) is 18.2 Å². The van der Waals surface area contributed by atoms with Gasteiger partial charge in [0.1, 0.15) is 5.02 Å². The highest BCUT2D eigenvalue weighted by Gasteiger charge is 2.22. The number of nitrogens with one attached hydrogen (secondary N) is 1. The third-order valence-corrected chi connectivity index (χ3v) is 3.53. The number of halogens is 1. The van der Waals surface area contributed by atoms with Gasteiger partial charge in [-0.15, -0.1) is 0 Å². The number of hydrogen-bond acceptors (Lipinski definition) is 3. The van der Waals surface area contributed by atoms with Gasteiger partial charge >= 0.3 is 0 Å². The predicted molar refractivity (Wildman–Crippen MR) is 68.5 cm³/mol. The molecule has 17 heavy (non-hydrogen) atoms. The molecule has 1 aromatic carbocycles. The maximum absolute atomic E-state index is 10.8. The van der Waals surface area contributed by atoms with Crippen molar-refractivity contribution in [2.75, 3.05) is 5.32 Å². The van der Waals surface area contributed by atoms with Crippen molar-refractivity contribution >= 4 is 23.0 Å². The fraction of sp³-hybridized carbons (Fsp3) is 0.500. The molecule has 2 rings (SSSR count). The lowest BCUT2D eigenvalue weighted by atomic mass is 10.1. The molecule has 0 aliphatic heterocycles. The molecule has 1 aromatic rings. The van der Waals surface area contributed by atoms with E-state index in [9.17, 15) is 10.1 Å². The molecule has 4 nitrogen and oxygen atoms in total. The van der Waals surface area contributed by atoms with Crippen LogP contribution < -0.4 is 5.32 Å². The summed E-state index contributed by atoms with van der Waals surface area (Å²) in [6.07, 6.45) is 3.46. The van der Waals surface area contributed by atoms with Gasteiger partial charge in [-0.25, -0.2) is 0 Å². The molecule has 0 bridgehead atoms. The molecule has 0 spiro atoms. The van der Waals surface area contributed by atoms with E-state index in [2.05, 4.69) is 12.2 Å². The van der Waals surface area contributed by atoms with Crippen LogP contribution in [0.3, 0.4) is 0 Å². The van der Waals surface area contributed by atoms with Gasteiger partial charge in [-0.05, 0) is 37.3 Å². The number of nitro benzene ring substituents is 1. The van der Waals surface area contributed by atoms with Gasteiger partial charge in [0.2, 0.25) is 0 Å². The normalized spacial score (nSPS) is 23.6. The Morgan fingerprint density at radius 1 is 1.47 bits per heavy atom. The van der Waals surface area contributed by atoms with Gasteiger partial charge in [0.05, 0.1) is 4.92 Å². The lowest BCUT2D eigenvalue weighted by molar-refractivity contribution is -0.384. The van der Waals surface area contributed by atoms with E-state index in [0.29, 0.717) is 6.04 Å². The standard InChI is InChI=1S/C12H15ClN2O2/c1-8-2-3-9(6-8)14-10-4-5-11(13)12(7-10)15(16)17/h4-5,7-9,14H,2-3,6H2,1H3. The highest BCUT2D eigenvalue weighted by molar-refractivity contribution is 6.32. The van der Waals surface area contributed by atoms with E-state index < -0.39 is 4.92 Å². The van der Waals surface area contributed by atoms with Crippen LogP contribution in [0.2, 0.25) is 5.02 Å². The quantitative estimate of drug-likeness (QED) is 0.658. The zero-order valence-corrected chi connectivity index (χ0v) is 10.4. The molecular formula is C12H15ClN2O2. The minimum Gasteiger partial charge on any atom is -0.382 e. The summed E-state index contributed by atoms with van der Waals surface area (Å²) < 4.78 is 0. The number of anilines is 1. The van der Waals surface area contributed by atoms with Crippen molar-refractivity contribution in [1.29, 1.82) is 0 Å². The summed E-state index contributed by atoms with van der Waals surface area (Å²) in [4.78, 5) is 10.3.